The van der Waals surface area contributed by atoms with Crippen LogP contribution < -0.4 is 5.32 Å². The molecule has 1 aromatic rings. The van der Waals surface area contributed by atoms with Crippen molar-refractivity contribution in [1.29, 1.82) is 0 Å². The van der Waals surface area contributed by atoms with Gasteiger partial charge >= 0.3 is 5.97 Å². The summed E-state index contributed by atoms with van der Waals surface area (Å²) in [7, 11) is 5.25. The number of likely N-dealkylation sites (N-methyl/N-ethyl adjacent to an activating group) is 1. The molecule has 0 bridgehead atoms. The first-order chi connectivity index (χ1) is 26.4. The van der Waals surface area contributed by atoms with Crippen LogP contribution >= 0.6 is 0 Å². The van der Waals surface area contributed by atoms with Crippen LogP contribution in [-0.4, -0.2) is 169 Å². The number of ether oxygens (including phenoxy) is 6. The van der Waals surface area contributed by atoms with E-state index in [0.29, 0.717) is 13.0 Å². The van der Waals surface area contributed by atoms with E-state index in [0.717, 1.165) is 0 Å². The van der Waals surface area contributed by atoms with E-state index in [1.54, 1.807) is 54.7 Å². The number of hydrogen-bond acceptors (Lipinski definition) is 16. The maximum Gasteiger partial charge on any atom is 0.311 e. The van der Waals surface area contributed by atoms with E-state index in [1.165, 1.54) is 24.9 Å². The number of carbonyl (C=O) groups excluding carboxylic acids is 1. The zero-order chi connectivity index (χ0) is 42.8. The Morgan fingerprint density at radius 3 is 2.26 bits per heavy atom. The number of methoxy groups -OCH3 is 1. The first-order valence-corrected chi connectivity index (χ1v) is 20.6. The molecule has 17 heteroatoms. The molecule has 4 rings (SSSR count). The molecule has 17 nitrogen and oxygen atoms in total. The summed E-state index contributed by atoms with van der Waals surface area (Å²) in [6.45, 7) is 17.8. The Bertz CT molecular complexity index is 1420. The van der Waals surface area contributed by atoms with Gasteiger partial charge in [0.05, 0.1) is 48.7 Å². The maximum atomic E-state index is 14.3. The highest BCUT2D eigenvalue weighted by Gasteiger charge is 2.59. The number of hydrogen-bond donors (Lipinski definition) is 6. The highest BCUT2D eigenvalue weighted by molar-refractivity contribution is 5.73. The number of nitrogens with zero attached hydrogens (tertiary/aromatic N) is 4. The molecule has 0 aromatic carbocycles. The summed E-state index contributed by atoms with van der Waals surface area (Å²) in [5, 5.41) is 70.6. The molecule has 3 aliphatic heterocycles. The molecule has 0 unspecified atom stereocenters. The molecule has 3 aliphatic rings. The molecule has 0 spiro atoms. The molecular formula is C40H73N5O12. The third-order valence-corrected chi connectivity index (χ3v) is 13.1. The van der Waals surface area contributed by atoms with Gasteiger partial charge in [0.1, 0.15) is 35.1 Å². The summed E-state index contributed by atoms with van der Waals surface area (Å²) >= 11 is 0. The maximum absolute atomic E-state index is 14.3. The van der Waals surface area contributed by atoms with E-state index in [-0.39, 0.29) is 43.9 Å². The van der Waals surface area contributed by atoms with Crippen molar-refractivity contribution in [2.24, 2.45) is 17.8 Å². The Labute approximate surface area is 338 Å². The Morgan fingerprint density at radius 2 is 1.68 bits per heavy atom. The van der Waals surface area contributed by atoms with E-state index in [4.69, 9.17) is 28.4 Å². The Hall–Kier alpha value is -1.87. The number of carbonyl (C=O) groups is 1. The van der Waals surface area contributed by atoms with Gasteiger partial charge in [-0.15, -0.1) is 5.10 Å². The smallest absolute Gasteiger partial charge is 0.311 e. The average Bonchev–Trinajstić information content (AvgIpc) is 3.65. The van der Waals surface area contributed by atoms with E-state index in [9.17, 15) is 30.3 Å². The quantitative estimate of drug-likeness (QED) is 0.193. The fourth-order valence-corrected chi connectivity index (χ4v) is 9.28. The van der Waals surface area contributed by atoms with Gasteiger partial charge in [0.2, 0.25) is 0 Å². The number of cyclic esters (lactones) is 1. The predicted octanol–water partition coefficient (Wildman–Crippen LogP) is 1.22. The molecule has 57 heavy (non-hydrogen) atoms. The van der Waals surface area contributed by atoms with Crippen molar-refractivity contribution in [2.75, 3.05) is 27.7 Å². The van der Waals surface area contributed by atoms with Crippen molar-refractivity contribution in [2.45, 2.75) is 191 Å². The van der Waals surface area contributed by atoms with E-state index >= 15 is 0 Å². The molecule has 1 aromatic heterocycles. The Balaban J connectivity index is 1.80. The van der Waals surface area contributed by atoms with Crippen LogP contribution in [0.4, 0.5) is 0 Å². The fraction of sp³-hybridized carbons (Fsp3) is 0.925. The van der Waals surface area contributed by atoms with Crippen LogP contribution in [0.5, 0.6) is 0 Å². The van der Waals surface area contributed by atoms with Gasteiger partial charge in [-0.2, -0.15) is 0 Å². The van der Waals surface area contributed by atoms with Crippen LogP contribution in [0.25, 0.3) is 0 Å². The summed E-state index contributed by atoms with van der Waals surface area (Å²) in [4.78, 5) is 16.3. The van der Waals surface area contributed by atoms with Crippen LogP contribution in [0, 0.1) is 17.8 Å². The minimum Gasteiger partial charge on any atom is -0.459 e. The van der Waals surface area contributed by atoms with Crippen molar-refractivity contribution in [1.82, 2.24) is 25.2 Å². The largest absolute Gasteiger partial charge is 0.459 e. The van der Waals surface area contributed by atoms with Gasteiger partial charge in [0.15, 0.2) is 12.6 Å². The number of esters is 1. The number of aliphatic hydroxyl groups excluding tert-OH is 2. The van der Waals surface area contributed by atoms with Crippen LogP contribution in [0.1, 0.15) is 94.9 Å². The Kier molecular flexibility index (Phi) is 15.8. The number of aliphatic hydroxyl groups is 5. The van der Waals surface area contributed by atoms with Crippen molar-refractivity contribution >= 4 is 5.97 Å². The van der Waals surface area contributed by atoms with Gasteiger partial charge in [-0.05, 0) is 94.3 Å². The number of aromatic nitrogens is 3. The van der Waals surface area contributed by atoms with E-state index in [2.05, 4.69) is 15.6 Å². The highest BCUT2D eigenvalue weighted by Crippen LogP contribution is 2.44. The average molecular weight is 816 g/mol. The van der Waals surface area contributed by atoms with Gasteiger partial charge in [-0.3, -0.25) is 4.79 Å². The standard InChI is InChI=1S/C40H73N5O12/c1-14-29-39(10,50)33(47)26(6)41-20-22(2)18-37(8,49)34(57-36-31(46)28(44(11)12)17-23(3)53-36)24(4)32(25(5)35(48)55-29)56-30-19-38(9,52-13)40(51,27(7)54-30)21-45-16-15-42-43-45/h15-16,22-34,36,41,46-47,49-51H,14,17-21H2,1-13H3/t22-,23-,24+,25-,26+,27+,28+,29+,30+,31-,32+,33-,34-,36+,37+,38-,39-,40-/m1/s1. The first-order valence-electron chi connectivity index (χ1n) is 20.6. The lowest BCUT2D eigenvalue weighted by Gasteiger charge is -2.53. The molecule has 0 amide bonds. The molecule has 18 atom stereocenters. The number of nitrogens with one attached hydrogen (secondary N) is 1. The van der Waals surface area contributed by atoms with Crippen LogP contribution in [-0.2, 0) is 39.8 Å². The third-order valence-electron chi connectivity index (χ3n) is 13.1. The van der Waals surface area contributed by atoms with Crippen molar-refractivity contribution < 1.29 is 58.7 Å². The van der Waals surface area contributed by atoms with Gasteiger partial charge in [0.25, 0.3) is 0 Å². The minimum atomic E-state index is -1.83. The van der Waals surface area contributed by atoms with Crippen LogP contribution in [0.2, 0.25) is 0 Å². The lowest BCUT2D eigenvalue weighted by Crippen LogP contribution is -2.68. The highest BCUT2D eigenvalue weighted by atomic mass is 16.7. The fourth-order valence-electron chi connectivity index (χ4n) is 9.28. The molecule has 0 aliphatic carbocycles. The first kappa shape index (κ1) is 47.8. The minimum absolute atomic E-state index is 0.0124. The lowest BCUT2D eigenvalue weighted by molar-refractivity contribution is -0.340. The van der Waals surface area contributed by atoms with Crippen molar-refractivity contribution in [3.63, 3.8) is 0 Å². The second-order valence-electron chi connectivity index (χ2n) is 18.1. The van der Waals surface area contributed by atoms with Gasteiger partial charge < -0.3 is 64.2 Å². The van der Waals surface area contributed by atoms with E-state index in [1.807, 2.05) is 32.8 Å². The van der Waals surface area contributed by atoms with Crippen molar-refractivity contribution in [3.05, 3.63) is 12.4 Å². The molecule has 4 heterocycles. The summed E-state index contributed by atoms with van der Waals surface area (Å²) in [6.07, 6.45) is -4.84. The summed E-state index contributed by atoms with van der Waals surface area (Å²) in [5.74, 6) is -2.76. The normalized spacial score (nSPS) is 47.2. The molecule has 3 fully saturated rings. The molecule has 6 N–H and O–H groups in total. The summed E-state index contributed by atoms with van der Waals surface area (Å²) in [5.41, 5.74) is -6.25. The van der Waals surface area contributed by atoms with Crippen LogP contribution in [0.3, 0.4) is 0 Å². The molecule has 330 valence electrons. The van der Waals surface area contributed by atoms with E-state index < -0.39 is 95.5 Å². The second kappa shape index (κ2) is 18.8. The number of rotatable bonds is 9. The van der Waals surface area contributed by atoms with Crippen molar-refractivity contribution in [3.8, 4) is 0 Å². The van der Waals surface area contributed by atoms with Gasteiger partial charge in [0, 0.05) is 37.7 Å². The summed E-state index contributed by atoms with van der Waals surface area (Å²) < 4.78 is 39.8. The third kappa shape index (κ3) is 10.4. The summed E-state index contributed by atoms with van der Waals surface area (Å²) in [6, 6.07) is -0.902. The SMILES string of the molecule is CC[C@@H]1OC(=O)[C@H](C)[C@@H](O[C@H]2C[C@@](C)(OC)[C@@](O)(Cn3ccnn3)[C@H](C)O2)[C@H](C)[C@@H](O[C@@H]2O[C@H](C)C[C@H](N(C)C)[C@H]2O)[C@@](C)(O)C[C@@H](C)CN[C@@H](C)[C@@H](O)[C@]1(C)O. The van der Waals surface area contributed by atoms with Crippen LogP contribution in [0.15, 0.2) is 12.4 Å². The zero-order valence-corrected chi connectivity index (χ0v) is 36.4. The Morgan fingerprint density at radius 1 is 1.02 bits per heavy atom. The monoisotopic (exact) mass is 816 g/mol. The molecule has 0 radical (unpaired) electrons. The lowest BCUT2D eigenvalue weighted by atomic mass is 9.75. The molecule has 3 saturated heterocycles. The van der Waals surface area contributed by atoms with Gasteiger partial charge in [-0.1, -0.05) is 26.0 Å². The topological polar surface area (TPSA) is 220 Å². The predicted molar refractivity (Wildman–Crippen MR) is 209 cm³/mol. The molecular weight excluding hydrogens is 742 g/mol. The molecule has 0 saturated carbocycles. The second-order valence-corrected chi connectivity index (χ2v) is 18.1. The zero-order valence-electron chi connectivity index (χ0n) is 36.4. The van der Waals surface area contributed by atoms with Gasteiger partial charge in [-0.25, -0.2) is 4.68 Å².